The Morgan fingerprint density at radius 2 is 1.78 bits per heavy atom. The van der Waals surface area contributed by atoms with Crippen LogP contribution in [0.3, 0.4) is 0 Å². The van der Waals surface area contributed by atoms with E-state index in [0.29, 0.717) is 6.42 Å². The molecule has 2 aromatic rings. The van der Waals surface area contributed by atoms with Gasteiger partial charge in [0.2, 0.25) is 0 Å². The molecule has 2 unspecified atom stereocenters. The quantitative estimate of drug-likeness (QED) is 0.914. The lowest BCUT2D eigenvalue weighted by atomic mass is 9.78. The van der Waals surface area contributed by atoms with Crippen LogP contribution in [0.1, 0.15) is 37.9 Å². The molecule has 0 aliphatic rings. The Labute approximate surface area is 133 Å². The molecule has 0 aliphatic heterocycles. The topological polar surface area (TPSA) is 50.9 Å². The van der Waals surface area contributed by atoms with E-state index in [1.165, 1.54) is 24.8 Å². The van der Waals surface area contributed by atoms with Crippen molar-refractivity contribution < 1.29 is 18.3 Å². The normalized spacial score (nSPS) is 15.4. The lowest BCUT2D eigenvalue weighted by Crippen LogP contribution is -2.38. The van der Waals surface area contributed by atoms with Crippen molar-refractivity contribution in [1.82, 2.24) is 14.8 Å². The molecule has 1 aromatic heterocycles. The molecule has 23 heavy (non-hydrogen) atoms. The van der Waals surface area contributed by atoms with Gasteiger partial charge in [-0.3, -0.25) is 0 Å². The summed E-state index contributed by atoms with van der Waals surface area (Å²) in [6.45, 7) is 5.58. The third-order valence-corrected chi connectivity index (χ3v) is 4.05. The van der Waals surface area contributed by atoms with E-state index in [2.05, 4.69) is 10.1 Å². The van der Waals surface area contributed by atoms with Crippen molar-refractivity contribution in [3.63, 3.8) is 0 Å². The fraction of sp³-hybridized carbons (Fsp3) is 0.500. The van der Waals surface area contributed by atoms with E-state index in [1.54, 1.807) is 4.68 Å². The van der Waals surface area contributed by atoms with Crippen LogP contribution in [0.25, 0.3) is 0 Å². The number of hydrogen-bond donors (Lipinski definition) is 1. The maximum absolute atomic E-state index is 12.6. The van der Waals surface area contributed by atoms with Crippen molar-refractivity contribution in [1.29, 1.82) is 0 Å². The maximum atomic E-state index is 12.6. The molecule has 0 bridgehead atoms. The highest BCUT2D eigenvalue weighted by molar-refractivity contribution is 5.25. The van der Waals surface area contributed by atoms with Crippen molar-refractivity contribution in [3.8, 4) is 0 Å². The number of aliphatic hydroxyl groups excluding tert-OH is 1. The Bertz CT molecular complexity index is 621. The zero-order valence-electron chi connectivity index (χ0n) is 13.2. The standard InChI is InChI=1S/C16H20F3N3O/c1-11(22-10-20-9-21-22)14(23)15(2,3)8-12-4-6-13(7-5-12)16(17,18)19/h4-7,9-11,14,23H,8H2,1-3H3. The first-order chi connectivity index (χ1) is 10.6. The summed E-state index contributed by atoms with van der Waals surface area (Å²) in [4.78, 5) is 3.86. The van der Waals surface area contributed by atoms with Crippen LogP contribution < -0.4 is 0 Å². The Kier molecular flexibility index (Phi) is 4.79. The van der Waals surface area contributed by atoms with Gasteiger partial charge in [-0.1, -0.05) is 26.0 Å². The van der Waals surface area contributed by atoms with E-state index in [4.69, 9.17) is 0 Å². The van der Waals surface area contributed by atoms with Crippen molar-refractivity contribution in [3.05, 3.63) is 48.0 Å². The first-order valence-corrected chi connectivity index (χ1v) is 7.29. The van der Waals surface area contributed by atoms with Gasteiger partial charge in [-0.25, -0.2) is 9.67 Å². The third kappa shape index (κ3) is 4.10. The minimum absolute atomic E-state index is 0.290. The highest BCUT2D eigenvalue weighted by Crippen LogP contribution is 2.34. The minimum atomic E-state index is -4.34. The molecule has 0 spiro atoms. The van der Waals surface area contributed by atoms with Gasteiger partial charge in [0.25, 0.3) is 0 Å². The van der Waals surface area contributed by atoms with E-state index in [0.717, 1.165) is 17.7 Å². The zero-order valence-corrected chi connectivity index (χ0v) is 13.2. The summed E-state index contributed by atoms with van der Waals surface area (Å²) in [6, 6.07) is 4.76. The summed E-state index contributed by atoms with van der Waals surface area (Å²) in [5.74, 6) is 0. The highest BCUT2D eigenvalue weighted by atomic mass is 19.4. The second-order valence-electron chi connectivity index (χ2n) is 6.42. The lowest BCUT2D eigenvalue weighted by molar-refractivity contribution is -0.137. The largest absolute Gasteiger partial charge is 0.416 e. The van der Waals surface area contributed by atoms with Crippen molar-refractivity contribution in [2.75, 3.05) is 0 Å². The predicted octanol–water partition coefficient (Wildman–Crippen LogP) is 3.49. The Morgan fingerprint density at radius 1 is 1.17 bits per heavy atom. The van der Waals surface area contributed by atoms with Gasteiger partial charge in [-0.15, -0.1) is 0 Å². The molecule has 126 valence electrons. The van der Waals surface area contributed by atoms with E-state index < -0.39 is 23.3 Å². The van der Waals surface area contributed by atoms with Gasteiger partial charge in [0, 0.05) is 0 Å². The number of alkyl halides is 3. The first-order valence-electron chi connectivity index (χ1n) is 7.29. The molecular formula is C16H20F3N3O. The van der Waals surface area contributed by atoms with Crippen LogP contribution >= 0.6 is 0 Å². The number of halogens is 3. The second kappa shape index (κ2) is 6.31. The molecule has 0 fully saturated rings. The summed E-state index contributed by atoms with van der Waals surface area (Å²) >= 11 is 0. The fourth-order valence-corrected chi connectivity index (χ4v) is 2.67. The summed E-state index contributed by atoms with van der Waals surface area (Å²) in [6.07, 6.45) is -1.69. The van der Waals surface area contributed by atoms with Gasteiger partial charge in [-0.2, -0.15) is 18.3 Å². The Morgan fingerprint density at radius 3 is 2.26 bits per heavy atom. The average molecular weight is 327 g/mol. The van der Waals surface area contributed by atoms with Crippen LogP contribution in [0.5, 0.6) is 0 Å². The Balaban J connectivity index is 2.11. The molecule has 0 saturated carbocycles. The molecule has 2 atom stereocenters. The van der Waals surface area contributed by atoms with E-state index in [9.17, 15) is 18.3 Å². The number of nitrogens with zero attached hydrogens (tertiary/aromatic N) is 3. The van der Waals surface area contributed by atoms with Gasteiger partial charge >= 0.3 is 6.18 Å². The molecule has 1 aromatic carbocycles. The number of rotatable bonds is 5. The first kappa shape index (κ1) is 17.5. The summed E-state index contributed by atoms with van der Waals surface area (Å²) in [7, 11) is 0. The summed E-state index contributed by atoms with van der Waals surface area (Å²) in [5.41, 5.74) is -0.464. The van der Waals surface area contributed by atoms with E-state index in [-0.39, 0.29) is 6.04 Å². The van der Waals surface area contributed by atoms with Crippen molar-refractivity contribution in [2.24, 2.45) is 5.41 Å². The van der Waals surface area contributed by atoms with Gasteiger partial charge in [0.05, 0.1) is 17.7 Å². The molecule has 2 rings (SSSR count). The summed E-state index contributed by atoms with van der Waals surface area (Å²) < 4.78 is 39.3. The summed E-state index contributed by atoms with van der Waals surface area (Å²) in [5, 5.41) is 14.6. The lowest BCUT2D eigenvalue weighted by Gasteiger charge is -2.34. The van der Waals surface area contributed by atoms with E-state index in [1.807, 2.05) is 20.8 Å². The number of hydrogen-bond acceptors (Lipinski definition) is 3. The molecule has 0 radical (unpaired) electrons. The van der Waals surface area contributed by atoms with Crippen LogP contribution in [-0.2, 0) is 12.6 Å². The number of benzene rings is 1. The molecule has 0 saturated heterocycles. The number of aromatic nitrogens is 3. The fourth-order valence-electron chi connectivity index (χ4n) is 2.67. The van der Waals surface area contributed by atoms with Gasteiger partial charge in [0.15, 0.2) is 0 Å². The molecule has 1 N–H and O–H groups in total. The predicted molar refractivity (Wildman–Crippen MR) is 79.7 cm³/mol. The van der Waals surface area contributed by atoms with Crippen molar-refractivity contribution in [2.45, 2.75) is 45.5 Å². The van der Waals surface area contributed by atoms with Crippen LogP contribution in [0.2, 0.25) is 0 Å². The van der Waals surface area contributed by atoms with Gasteiger partial charge in [0.1, 0.15) is 12.7 Å². The van der Waals surface area contributed by atoms with Crippen molar-refractivity contribution >= 4 is 0 Å². The smallest absolute Gasteiger partial charge is 0.390 e. The second-order valence-corrected chi connectivity index (χ2v) is 6.42. The molecule has 7 heteroatoms. The Hall–Kier alpha value is -1.89. The molecule has 1 heterocycles. The highest BCUT2D eigenvalue weighted by Gasteiger charge is 2.34. The zero-order chi connectivity index (χ0) is 17.3. The molecule has 0 aliphatic carbocycles. The van der Waals surface area contributed by atoms with Gasteiger partial charge in [-0.05, 0) is 36.5 Å². The van der Waals surface area contributed by atoms with Crippen LogP contribution in [0.4, 0.5) is 13.2 Å². The third-order valence-electron chi connectivity index (χ3n) is 4.05. The van der Waals surface area contributed by atoms with Crippen LogP contribution in [0.15, 0.2) is 36.9 Å². The molecular weight excluding hydrogens is 307 g/mol. The van der Waals surface area contributed by atoms with E-state index >= 15 is 0 Å². The van der Waals surface area contributed by atoms with Crippen LogP contribution in [-0.4, -0.2) is 26.0 Å². The molecule has 4 nitrogen and oxygen atoms in total. The SMILES string of the molecule is CC(C(O)C(C)(C)Cc1ccc(C(F)(F)F)cc1)n1cncn1. The molecule has 0 amide bonds. The van der Waals surface area contributed by atoms with Crippen LogP contribution in [0, 0.1) is 5.41 Å². The maximum Gasteiger partial charge on any atom is 0.416 e. The monoisotopic (exact) mass is 327 g/mol. The number of aliphatic hydroxyl groups is 1. The minimum Gasteiger partial charge on any atom is -0.390 e. The van der Waals surface area contributed by atoms with Gasteiger partial charge < -0.3 is 5.11 Å². The average Bonchev–Trinajstić information content (AvgIpc) is 2.99.